The fourth-order valence-corrected chi connectivity index (χ4v) is 1.21. The van der Waals surface area contributed by atoms with Gasteiger partial charge in [-0.1, -0.05) is 0 Å². The van der Waals surface area contributed by atoms with E-state index in [-0.39, 0.29) is 11.6 Å². The molecule has 0 unspecified atom stereocenters. The second kappa shape index (κ2) is 2.48. The molecule has 1 heterocycles. The molecule has 0 aliphatic rings. The molecule has 0 saturated carbocycles. The topological polar surface area (TPSA) is 79.2 Å². The first kappa shape index (κ1) is 7.60. The van der Waals surface area contributed by atoms with Crippen molar-refractivity contribution in [2.24, 2.45) is 0 Å². The standard InChI is InChI=1S/C8H6N2O3/c11-8-7-3-6(10(12)13)2-1-5(7)4-9-8/h1-4,9,11H. The number of hydrogen-bond acceptors (Lipinski definition) is 3. The highest BCUT2D eigenvalue weighted by atomic mass is 16.6. The number of nitrogens with one attached hydrogen (secondary N) is 1. The van der Waals surface area contributed by atoms with E-state index in [9.17, 15) is 15.2 Å². The quantitative estimate of drug-likeness (QED) is 0.516. The van der Waals surface area contributed by atoms with Gasteiger partial charge in [-0.3, -0.25) is 10.1 Å². The fraction of sp³-hybridized carbons (Fsp3) is 0. The molecular formula is C8H6N2O3. The highest BCUT2D eigenvalue weighted by Gasteiger charge is 2.08. The number of non-ortho nitro benzene ring substituents is 1. The second-order valence-electron chi connectivity index (χ2n) is 2.67. The van der Waals surface area contributed by atoms with E-state index in [1.165, 1.54) is 12.1 Å². The Morgan fingerprint density at radius 1 is 1.46 bits per heavy atom. The van der Waals surface area contributed by atoms with Crippen molar-refractivity contribution >= 4 is 16.5 Å². The Balaban J connectivity index is 2.72. The highest BCUT2D eigenvalue weighted by molar-refractivity contribution is 5.89. The number of hydrogen-bond donors (Lipinski definition) is 2. The number of H-pyrrole nitrogens is 1. The highest BCUT2D eigenvalue weighted by Crippen LogP contribution is 2.27. The lowest BCUT2D eigenvalue weighted by Gasteiger charge is -1.91. The number of nitrogens with zero attached hydrogens (tertiary/aromatic N) is 1. The number of aromatic amines is 1. The van der Waals surface area contributed by atoms with Crippen LogP contribution in [-0.4, -0.2) is 15.0 Å². The van der Waals surface area contributed by atoms with Crippen molar-refractivity contribution in [3.05, 3.63) is 34.5 Å². The van der Waals surface area contributed by atoms with Crippen LogP contribution in [0.4, 0.5) is 5.69 Å². The lowest BCUT2D eigenvalue weighted by Crippen LogP contribution is -1.85. The molecule has 2 rings (SSSR count). The molecule has 0 aliphatic carbocycles. The molecular weight excluding hydrogens is 172 g/mol. The first-order valence-electron chi connectivity index (χ1n) is 3.63. The number of benzene rings is 1. The van der Waals surface area contributed by atoms with E-state index in [1.54, 1.807) is 12.3 Å². The third kappa shape index (κ3) is 1.10. The van der Waals surface area contributed by atoms with Crippen LogP contribution in [0.2, 0.25) is 0 Å². The summed E-state index contributed by atoms with van der Waals surface area (Å²) >= 11 is 0. The van der Waals surface area contributed by atoms with Gasteiger partial charge < -0.3 is 10.1 Å². The molecule has 1 aromatic carbocycles. The summed E-state index contributed by atoms with van der Waals surface area (Å²) in [4.78, 5) is 12.5. The van der Waals surface area contributed by atoms with Crippen LogP contribution < -0.4 is 0 Å². The van der Waals surface area contributed by atoms with Gasteiger partial charge in [0.15, 0.2) is 5.88 Å². The van der Waals surface area contributed by atoms with Crippen molar-refractivity contribution in [2.75, 3.05) is 0 Å². The minimum absolute atomic E-state index is 0.0256. The van der Waals surface area contributed by atoms with Crippen LogP contribution in [0.15, 0.2) is 24.4 Å². The van der Waals surface area contributed by atoms with Gasteiger partial charge in [0, 0.05) is 29.1 Å². The molecule has 0 fully saturated rings. The maximum absolute atomic E-state index is 10.4. The van der Waals surface area contributed by atoms with E-state index in [1.807, 2.05) is 0 Å². The molecule has 0 saturated heterocycles. The fourth-order valence-electron chi connectivity index (χ4n) is 1.21. The van der Waals surface area contributed by atoms with Crippen LogP contribution in [0.5, 0.6) is 5.88 Å². The van der Waals surface area contributed by atoms with Crippen LogP contribution >= 0.6 is 0 Å². The largest absolute Gasteiger partial charge is 0.494 e. The monoisotopic (exact) mass is 178 g/mol. The summed E-state index contributed by atoms with van der Waals surface area (Å²) in [5.41, 5.74) is -0.0256. The molecule has 2 N–H and O–H groups in total. The summed E-state index contributed by atoms with van der Waals surface area (Å²) in [6.07, 6.45) is 1.59. The van der Waals surface area contributed by atoms with Gasteiger partial charge in [-0.05, 0) is 6.07 Å². The average molecular weight is 178 g/mol. The van der Waals surface area contributed by atoms with Gasteiger partial charge in [0.05, 0.1) is 4.92 Å². The molecule has 5 nitrogen and oxygen atoms in total. The third-order valence-corrected chi connectivity index (χ3v) is 1.87. The zero-order valence-electron chi connectivity index (χ0n) is 6.52. The van der Waals surface area contributed by atoms with Crippen LogP contribution in [0.25, 0.3) is 10.8 Å². The molecule has 1 aromatic heterocycles. The zero-order chi connectivity index (χ0) is 9.42. The summed E-state index contributed by atoms with van der Waals surface area (Å²) in [6, 6.07) is 4.32. The third-order valence-electron chi connectivity index (χ3n) is 1.87. The molecule has 0 bridgehead atoms. The molecule has 13 heavy (non-hydrogen) atoms. The van der Waals surface area contributed by atoms with Gasteiger partial charge in [-0.2, -0.15) is 0 Å². The van der Waals surface area contributed by atoms with Crippen molar-refractivity contribution in [1.82, 2.24) is 4.98 Å². The number of aromatic hydroxyl groups is 1. The number of aromatic nitrogens is 1. The smallest absolute Gasteiger partial charge is 0.270 e. The lowest BCUT2D eigenvalue weighted by molar-refractivity contribution is -0.384. The molecule has 0 amide bonds. The van der Waals surface area contributed by atoms with E-state index in [2.05, 4.69) is 4.98 Å². The Bertz CT molecular complexity index is 475. The van der Waals surface area contributed by atoms with E-state index in [0.717, 1.165) is 5.39 Å². The number of nitro groups is 1. The molecule has 66 valence electrons. The Hall–Kier alpha value is -2.04. The Kier molecular flexibility index (Phi) is 1.45. The minimum atomic E-state index is -0.494. The van der Waals surface area contributed by atoms with Crippen LogP contribution in [0, 0.1) is 10.1 Å². The molecule has 0 atom stereocenters. The van der Waals surface area contributed by atoms with E-state index >= 15 is 0 Å². The lowest BCUT2D eigenvalue weighted by atomic mass is 10.2. The van der Waals surface area contributed by atoms with E-state index < -0.39 is 4.92 Å². The van der Waals surface area contributed by atoms with E-state index in [0.29, 0.717) is 5.39 Å². The molecule has 0 aliphatic heterocycles. The molecule has 0 spiro atoms. The summed E-state index contributed by atoms with van der Waals surface area (Å²) in [6.45, 7) is 0. The SMILES string of the molecule is O=[N+]([O-])c1ccc2c[nH]c(O)c2c1. The summed E-state index contributed by atoms with van der Waals surface area (Å²) in [5.74, 6) is -0.0429. The minimum Gasteiger partial charge on any atom is -0.494 e. The summed E-state index contributed by atoms with van der Waals surface area (Å²) in [7, 11) is 0. The zero-order valence-corrected chi connectivity index (χ0v) is 6.52. The summed E-state index contributed by atoms with van der Waals surface area (Å²) < 4.78 is 0. The normalized spacial score (nSPS) is 10.5. The average Bonchev–Trinajstić information content (AvgIpc) is 2.47. The summed E-state index contributed by atoms with van der Waals surface area (Å²) in [5, 5.41) is 20.9. The predicted octanol–water partition coefficient (Wildman–Crippen LogP) is 1.78. The Morgan fingerprint density at radius 3 is 2.92 bits per heavy atom. The van der Waals surface area contributed by atoms with Crippen molar-refractivity contribution in [1.29, 1.82) is 0 Å². The maximum atomic E-state index is 10.4. The second-order valence-corrected chi connectivity index (χ2v) is 2.67. The Labute approximate surface area is 72.8 Å². The first-order chi connectivity index (χ1) is 6.18. The molecule has 0 radical (unpaired) electrons. The van der Waals surface area contributed by atoms with Crippen LogP contribution in [0.1, 0.15) is 0 Å². The van der Waals surface area contributed by atoms with Gasteiger partial charge in [-0.25, -0.2) is 0 Å². The van der Waals surface area contributed by atoms with Crippen molar-refractivity contribution < 1.29 is 10.0 Å². The number of fused-ring (bicyclic) bond motifs is 1. The predicted molar refractivity (Wildman–Crippen MR) is 46.6 cm³/mol. The number of rotatable bonds is 1. The van der Waals surface area contributed by atoms with Crippen molar-refractivity contribution in [2.45, 2.75) is 0 Å². The van der Waals surface area contributed by atoms with Crippen LogP contribution in [-0.2, 0) is 0 Å². The van der Waals surface area contributed by atoms with Gasteiger partial charge in [0.1, 0.15) is 0 Å². The van der Waals surface area contributed by atoms with E-state index in [4.69, 9.17) is 0 Å². The molecule has 5 heteroatoms. The van der Waals surface area contributed by atoms with Crippen molar-refractivity contribution in [3.8, 4) is 5.88 Å². The van der Waals surface area contributed by atoms with Crippen LogP contribution in [0.3, 0.4) is 0 Å². The molecule has 2 aromatic rings. The van der Waals surface area contributed by atoms with Crippen molar-refractivity contribution in [3.63, 3.8) is 0 Å². The van der Waals surface area contributed by atoms with Gasteiger partial charge in [-0.15, -0.1) is 0 Å². The first-order valence-corrected chi connectivity index (χ1v) is 3.63. The van der Waals surface area contributed by atoms with Gasteiger partial charge >= 0.3 is 0 Å². The van der Waals surface area contributed by atoms with Gasteiger partial charge in [0.25, 0.3) is 5.69 Å². The number of nitro benzene ring substituents is 1. The van der Waals surface area contributed by atoms with Gasteiger partial charge in [0.2, 0.25) is 0 Å². The maximum Gasteiger partial charge on any atom is 0.270 e. The Morgan fingerprint density at radius 2 is 2.23 bits per heavy atom.